The van der Waals surface area contributed by atoms with E-state index in [2.05, 4.69) is 0 Å². The van der Waals surface area contributed by atoms with E-state index in [0.29, 0.717) is 23.6 Å². The Kier molecular flexibility index (Phi) is 9.31. The molecular formula is C36H35ClF2O5. The van der Waals surface area contributed by atoms with Gasteiger partial charge >= 0.3 is 0 Å². The molecule has 0 spiro atoms. The number of hydrogen-bond donors (Lipinski definition) is 0. The summed E-state index contributed by atoms with van der Waals surface area (Å²) in [6, 6.07) is 32.3. The van der Waals surface area contributed by atoms with Crippen LogP contribution >= 0.6 is 11.6 Å². The zero-order valence-electron chi connectivity index (χ0n) is 24.5. The van der Waals surface area contributed by atoms with Gasteiger partial charge in [-0.15, -0.1) is 0 Å². The fraction of sp³-hybridized carbons (Fsp3) is 0.333. The molecule has 6 rings (SSSR count). The Morgan fingerprint density at radius 1 is 0.841 bits per heavy atom. The van der Waals surface area contributed by atoms with E-state index in [-0.39, 0.29) is 26.2 Å². The molecule has 2 aliphatic rings. The second-order valence-electron chi connectivity index (χ2n) is 11.2. The van der Waals surface area contributed by atoms with Crippen LogP contribution in [0.15, 0.2) is 103 Å². The van der Waals surface area contributed by atoms with Crippen molar-refractivity contribution in [1.82, 2.24) is 0 Å². The zero-order chi connectivity index (χ0) is 30.6. The molecule has 0 saturated carbocycles. The lowest BCUT2D eigenvalue weighted by Gasteiger charge is -2.46. The number of rotatable bonds is 12. The van der Waals surface area contributed by atoms with Gasteiger partial charge in [0.15, 0.2) is 11.4 Å². The van der Waals surface area contributed by atoms with Crippen molar-refractivity contribution in [2.45, 2.75) is 63.0 Å². The topological polar surface area (TPSA) is 46.2 Å². The van der Waals surface area contributed by atoms with Gasteiger partial charge in [-0.1, -0.05) is 90.5 Å². The quantitative estimate of drug-likeness (QED) is 0.160. The second-order valence-corrected chi connectivity index (χ2v) is 11.6. The van der Waals surface area contributed by atoms with Gasteiger partial charge in [0.2, 0.25) is 0 Å². The van der Waals surface area contributed by atoms with Crippen molar-refractivity contribution in [2.24, 2.45) is 0 Å². The van der Waals surface area contributed by atoms with Crippen LogP contribution in [-0.2, 0) is 44.4 Å². The van der Waals surface area contributed by atoms with Crippen molar-refractivity contribution in [2.75, 3.05) is 13.2 Å². The Hall–Kier alpha value is -3.33. The van der Waals surface area contributed by atoms with Crippen molar-refractivity contribution in [1.29, 1.82) is 0 Å². The van der Waals surface area contributed by atoms with Crippen molar-refractivity contribution in [3.05, 3.63) is 136 Å². The highest BCUT2D eigenvalue weighted by atomic mass is 35.5. The normalized spacial score (nSPS) is 24.5. The lowest BCUT2D eigenvalue weighted by atomic mass is 9.85. The molecule has 8 heteroatoms. The summed E-state index contributed by atoms with van der Waals surface area (Å²) in [7, 11) is 0. The summed E-state index contributed by atoms with van der Waals surface area (Å²) in [5.41, 5.74) is 2.24. The molecule has 0 aromatic heterocycles. The summed E-state index contributed by atoms with van der Waals surface area (Å²) in [5.74, 6) is -0.665. The highest BCUT2D eigenvalue weighted by Gasteiger charge is 2.68. The first-order valence-electron chi connectivity index (χ1n) is 14.8. The molecule has 0 radical (unpaired) electrons. The molecule has 2 aliphatic heterocycles. The maximum absolute atomic E-state index is 15.1. The molecule has 2 saturated heterocycles. The van der Waals surface area contributed by atoms with Gasteiger partial charge in [-0.2, -0.15) is 0 Å². The first-order valence-corrected chi connectivity index (χ1v) is 15.2. The molecule has 4 aromatic rings. The lowest BCUT2D eigenvalue weighted by molar-refractivity contribution is -0.315. The second kappa shape index (κ2) is 13.3. The first-order chi connectivity index (χ1) is 21.4. The molecule has 230 valence electrons. The van der Waals surface area contributed by atoms with Crippen LogP contribution in [0, 0.1) is 0 Å². The third-order valence-electron chi connectivity index (χ3n) is 8.24. The Balaban J connectivity index is 1.31. The minimum absolute atomic E-state index is 0.134. The summed E-state index contributed by atoms with van der Waals surface area (Å²) >= 11 is 6.64. The summed E-state index contributed by atoms with van der Waals surface area (Å²) in [6.07, 6.45) is -4.00. The van der Waals surface area contributed by atoms with Crippen LogP contribution in [0.25, 0.3) is 0 Å². The molecule has 0 amide bonds. The Morgan fingerprint density at radius 2 is 1.50 bits per heavy atom. The molecule has 0 N–H and O–H groups in total. The number of benzene rings is 4. The largest absolute Gasteiger partial charge is 0.494 e. The molecule has 5 nitrogen and oxygen atoms in total. The minimum Gasteiger partial charge on any atom is -0.494 e. The predicted octanol–water partition coefficient (Wildman–Crippen LogP) is 8.11. The highest BCUT2D eigenvalue weighted by molar-refractivity contribution is 6.31. The van der Waals surface area contributed by atoms with Gasteiger partial charge in [0.1, 0.15) is 11.9 Å². The summed E-state index contributed by atoms with van der Waals surface area (Å²) in [5, 5.41) is 0.564. The number of hydrogen-bond acceptors (Lipinski definition) is 5. The Labute approximate surface area is 261 Å². The number of alkyl halides is 2. The van der Waals surface area contributed by atoms with E-state index in [9.17, 15) is 0 Å². The van der Waals surface area contributed by atoms with E-state index in [1.807, 2.05) is 97.9 Å². The molecule has 0 aliphatic carbocycles. The lowest BCUT2D eigenvalue weighted by Crippen LogP contribution is -2.62. The SMILES string of the molecule is CCOc1ccc(Cc2cc([C@]34CC(OCc5ccccc5)[C@H](OCc5ccccc5)[C@](C(F)F)(CO3)O4)ccc2Cl)cc1. The number of fused-ring (bicyclic) bond motifs is 2. The van der Waals surface area contributed by atoms with Gasteiger partial charge in [0, 0.05) is 17.0 Å². The fourth-order valence-corrected chi connectivity index (χ4v) is 6.17. The monoisotopic (exact) mass is 620 g/mol. The molecule has 4 atom stereocenters. The van der Waals surface area contributed by atoms with Crippen LogP contribution < -0.4 is 4.74 Å². The van der Waals surface area contributed by atoms with Crippen molar-refractivity contribution >= 4 is 11.6 Å². The average molecular weight is 621 g/mol. The van der Waals surface area contributed by atoms with E-state index in [1.54, 1.807) is 12.1 Å². The van der Waals surface area contributed by atoms with E-state index in [1.165, 1.54) is 0 Å². The van der Waals surface area contributed by atoms with Crippen LogP contribution in [-0.4, -0.2) is 37.4 Å². The van der Waals surface area contributed by atoms with Gasteiger partial charge < -0.3 is 23.7 Å². The fourth-order valence-electron chi connectivity index (χ4n) is 5.98. The summed E-state index contributed by atoms with van der Waals surface area (Å²) in [4.78, 5) is 0. The van der Waals surface area contributed by atoms with Crippen LogP contribution in [0.4, 0.5) is 8.78 Å². The standard InChI is InChI=1S/C36H35ClF2O5/c1-2-40-30-16-13-25(14-17-30)19-28-20-29(15-18-31(28)37)36-21-32(41-22-26-9-5-3-6-10-26)33(35(44-36,24-43-36)34(38)39)42-23-27-11-7-4-8-12-27/h3-18,20,32-34H,2,19,21-24H2,1H3/t32?,33-,35-,36+/m0/s1. The van der Waals surface area contributed by atoms with Crippen LogP contribution in [0.2, 0.25) is 5.02 Å². The molecule has 4 aromatic carbocycles. The number of ether oxygens (including phenoxy) is 5. The summed E-state index contributed by atoms with van der Waals surface area (Å²) in [6.45, 7) is 2.55. The maximum atomic E-state index is 15.1. The molecule has 44 heavy (non-hydrogen) atoms. The smallest absolute Gasteiger partial charge is 0.272 e. The molecular weight excluding hydrogens is 586 g/mol. The Bertz CT molecular complexity index is 1520. The number of halogens is 3. The van der Waals surface area contributed by atoms with E-state index < -0.39 is 30.0 Å². The maximum Gasteiger partial charge on any atom is 0.272 e. The predicted molar refractivity (Wildman–Crippen MR) is 164 cm³/mol. The van der Waals surface area contributed by atoms with Gasteiger partial charge in [0.25, 0.3) is 6.43 Å². The molecule has 1 unspecified atom stereocenters. The van der Waals surface area contributed by atoms with Crippen LogP contribution in [0.5, 0.6) is 5.75 Å². The zero-order valence-corrected chi connectivity index (χ0v) is 25.2. The van der Waals surface area contributed by atoms with Gasteiger partial charge in [0.05, 0.1) is 32.5 Å². The van der Waals surface area contributed by atoms with E-state index in [4.69, 9.17) is 35.3 Å². The minimum atomic E-state index is -2.89. The third kappa shape index (κ3) is 6.39. The summed E-state index contributed by atoms with van der Waals surface area (Å²) < 4.78 is 61.1. The Morgan fingerprint density at radius 3 is 2.14 bits per heavy atom. The first kappa shape index (κ1) is 30.7. The van der Waals surface area contributed by atoms with E-state index in [0.717, 1.165) is 28.0 Å². The van der Waals surface area contributed by atoms with Crippen molar-refractivity contribution in [3.8, 4) is 5.75 Å². The molecule has 2 bridgehead atoms. The molecule has 2 heterocycles. The van der Waals surface area contributed by atoms with Crippen LogP contribution in [0.1, 0.15) is 41.2 Å². The van der Waals surface area contributed by atoms with Crippen molar-refractivity contribution in [3.63, 3.8) is 0 Å². The van der Waals surface area contributed by atoms with E-state index >= 15 is 8.78 Å². The van der Waals surface area contributed by atoms with Crippen molar-refractivity contribution < 1.29 is 32.5 Å². The third-order valence-corrected chi connectivity index (χ3v) is 8.61. The molecule has 2 fully saturated rings. The van der Waals surface area contributed by atoms with Gasteiger partial charge in [-0.3, -0.25) is 0 Å². The highest BCUT2D eigenvalue weighted by Crippen LogP contribution is 2.53. The average Bonchev–Trinajstić information content (AvgIpc) is 3.38. The van der Waals surface area contributed by atoms with Gasteiger partial charge in [-0.05, 0) is 59.9 Å². The van der Waals surface area contributed by atoms with Gasteiger partial charge in [-0.25, -0.2) is 8.78 Å². The van der Waals surface area contributed by atoms with Crippen LogP contribution in [0.3, 0.4) is 0 Å².